The molecule has 0 bridgehead atoms. The largest absolute Gasteiger partial charge is 0.453 e. The summed E-state index contributed by atoms with van der Waals surface area (Å²) in [6, 6.07) is 4.91. The number of aromatic nitrogens is 2. The minimum atomic E-state index is -0.651. The van der Waals surface area contributed by atoms with Crippen LogP contribution in [-0.2, 0) is 0 Å². The number of aromatic amines is 1. The molecule has 0 unspecified atom stereocenters. The molecule has 4 N–H and O–H groups in total. The van der Waals surface area contributed by atoms with Crippen molar-refractivity contribution < 1.29 is 13.5 Å². The van der Waals surface area contributed by atoms with Crippen LogP contribution < -0.4 is 10.5 Å². The number of hydrogen-bond donors (Lipinski definition) is 3. The topological polar surface area (TPSA) is 87.8 Å². The van der Waals surface area contributed by atoms with Crippen molar-refractivity contribution in [1.82, 2.24) is 9.97 Å². The first-order valence-electron chi connectivity index (χ1n) is 6.10. The fourth-order valence-electron chi connectivity index (χ4n) is 1.98. The summed E-state index contributed by atoms with van der Waals surface area (Å²) in [4.78, 5) is 6.85. The minimum absolute atomic E-state index is 0.0827. The van der Waals surface area contributed by atoms with Crippen LogP contribution in [-0.4, -0.2) is 15.8 Å². The van der Waals surface area contributed by atoms with E-state index in [1.165, 1.54) is 24.5 Å². The number of H-pyrrole nitrogens is 1. The first-order valence-corrected chi connectivity index (χ1v) is 6.89. The molecule has 3 rings (SSSR count). The number of nitrogens with zero attached hydrogens (tertiary/aromatic N) is 1. The molecule has 0 fully saturated rings. The van der Waals surface area contributed by atoms with Gasteiger partial charge in [0.05, 0.1) is 21.9 Å². The lowest BCUT2D eigenvalue weighted by Crippen LogP contribution is -2.13. The summed E-state index contributed by atoms with van der Waals surface area (Å²) in [7, 11) is 0. The molecule has 0 amide bonds. The van der Waals surface area contributed by atoms with E-state index in [1.54, 1.807) is 0 Å². The van der Waals surface area contributed by atoms with E-state index in [9.17, 15) is 8.78 Å². The number of ether oxygens (including phenoxy) is 1. The summed E-state index contributed by atoms with van der Waals surface area (Å²) in [5.74, 6) is -1.63. The lowest BCUT2D eigenvalue weighted by molar-refractivity contribution is 0.439. The van der Waals surface area contributed by atoms with Gasteiger partial charge in [-0.2, -0.15) is 0 Å². The van der Waals surface area contributed by atoms with E-state index in [0.717, 1.165) is 6.07 Å². The number of benzene rings is 2. The third-order valence-corrected chi connectivity index (χ3v) is 3.75. The van der Waals surface area contributed by atoms with E-state index in [0.29, 0.717) is 15.5 Å². The van der Waals surface area contributed by atoms with Gasteiger partial charge in [-0.3, -0.25) is 5.41 Å². The van der Waals surface area contributed by atoms with Gasteiger partial charge in [0.1, 0.15) is 22.9 Å². The van der Waals surface area contributed by atoms with Crippen LogP contribution in [0.2, 0.25) is 0 Å². The van der Waals surface area contributed by atoms with Crippen LogP contribution in [0.15, 0.2) is 35.1 Å². The second-order valence-corrected chi connectivity index (χ2v) is 5.25. The summed E-state index contributed by atoms with van der Waals surface area (Å²) in [5, 5.41) is 7.31. The van der Waals surface area contributed by atoms with Crippen LogP contribution in [0.5, 0.6) is 11.5 Å². The van der Waals surface area contributed by atoms with Gasteiger partial charge in [-0.15, -0.1) is 0 Å². The zero-order valence-corrected chi connectivity index (χ0v) is 12.5. The Kier molecular flexibility index (Phi) is 3.53. The van der Waals surface area contributed by atoms with Gasteiger partial charge in [-0.05, 0) is 34.1 Å². The Hall–Kier alpha value is -2.48. The Morgan fingerprint density at radius 3 is 2.77 bits per heavy atom. The number of nitrogen functional groups attached to an aromatic ring is 1. The van der Waals surface area contributed by atoms with Gasteiger partial charge in [0.15, 0.2) is 11.6 Å². The first-order chi connectivity index (χ1) is 10.5. The van der Waals surface area contributed by atoms with Gasteiger partial charge in [-0.1, -0.05) is 0 Å². The maximum absolute atomic E-state index is 14.1. The molecular weight excluding hydrogens is 358 g/mol. The van der Waals surface area contributed by atoms with Crippen molar-refractivity contribution in [2.75, 3.05) is 0 Å². The predicted octanol–water partition coefficient (Wildman–Crippen LogP) is 3.68. The number of fused-ring (bicyclic) bond motifs is 1. The molecule has 112 valence electrons. The molecule has 0 saturated carbocycles. The number of imidazole rings is 1. The predicted molar refractivity (Wildman–Crippen MR) is 81.2 cm³/mol. The Labute approximate surface area is 131 Å². The molecule has 0 spiro atoms. The Balaban J connectivity index is 2.06. The third kappa shape index (κ3) is 2.41. The molecule has 0 aliphatic heterocycles. The number of rotatable bonds is 3. The van der Waals surface area contributed by atoms with Crippen LogP contribution in [0.1, 0.15) is 5.56 Å². The zero-order valence-electron chi connectivity index (χ0n) is 11.0. The second-order valence-electron chi connectivity index (χ2n) is 4.46. The number of amidine groups is 1. The van der Waals surface area contributed by atoms with Gasteiger partial charge in [-0.25, -0.2) is 13.8 Å². The van der Waals surface area contributed by atoms with Gasteiger partial charge in [0.25, 0.3) is 0 Å². The summed E-state index contributed by atoms with van der Waals surface area (Å²) in [5.41, 5.74) is 6.19. The van der Waals surface area contributed by atoms with Crippen molar-refractivity contribution in [3.05, 3.63) is 52.3 Å². The summed E-state index contributed by atoms with van der Waals surface area (Å²) >= 11 is 3.24. The molecule has 5 nitrogen and oxygen atoms in total. The summed E-state index contributed by atoms with van der Waals surface area (Å²) < 4.78 is 33.4. The fourth-order valence-corrected chi connectivity index (χ4v) is 2.57. The fraction of sp³-hybridized carbons (Fsp3) is 0. The Bertz CT molecular complexity index is 894. The van der Waals surface area contributed by atoms with Crippen LogP contribution in [0.4, 0.5) is 8.78 Å². The smallest absolute Gasteiger partial charge is 0.179 e. The molecule has 0 saturated heterocycles. The maximum atomic E-state index is 14.1. The number of nitrogens with one attached hydrogen (secondary N) is 2. The first kappa shape index (κ1) is 14.5. The normalized spacial score (nSPS) is 10.9. The molecule has 2 aromatic carbocycles. The maximum Gasteiger partial charge on any atom is 0.179 e. The van der Waals surface area contributed by atoms with Gasteiger partial charge >= 0.3 is 0 Å². The number of halogens is 3. The van der Waals surface area contributed by atoms with E-state index in [2.05, 4.69) is 25.9 Å². The molecule has 0 aliphatic carbocycles. The lowest BCUT2D eigenvalue weighted by Gasteiger charge is -2.11. The van der Waals surface area contributed by atoms with Crippen LogP contribution in [0.25, 0.3) is 11.0 Å². The number of hydrogen-bond acceptors (Lipinski definition) is 3. The quantitative estimate of drug-likeness (QED) is 0.488. The summed E-state index contributed by atoms with van der Waals surface area (Å²) in [6.45, 7) is 0. The van der Waals surface area contributed by atoms with Crippen molar-refractivity contribution >= 4 is 32.8 Å². The standard InChI is InChI=1S/C14H9BrF2N4O/c15-11-12-10(20-5-21-12)4-9(17)13(11)22-6-1-2-8(16)7(3-6)14(18)19/h1-5H,(H3,18,19)(H,20,21). The Morgan fingerprint density at radius 1 is 1.27 bits per heavy atom. The second kappa shape index (κ2) is 5.38. The molecular formula is C14H9BrF2N4O. The molecule has 22 heavy (non-hydrogen) atoms. The van der Waals surface area contributed by atoms with E-state index in [1.807, 2.05) is 0 Å². The highest BCUT2D eigenvalue weighted by Gasteiger charge is 2.17. The van der Waals surface area contributed by atoms with Crippen molar-refractivity contribution in [2.45, 2.75) is 0 Å². The molecule has 1 heterocycles. The SMILES string of the molecule is N=C(N)c1cc(Oc2c(F)cc3[nH]cnc3c2Br)ccc1F. The van der Waals surface area contributed by atoms with Gasteiger partial charge in [0.2, 0.25) is 0 Å². The van der Waals surface area contributed by atoms with Gasteiger partial charge < -0.3 is 15.5 Å². The average molecular weight is 367 g/mol. The lowest BCUT2D eigenvalue weighted by atomic mass is 10.2. The van der Waals surface area contributed by atoms with E-state index in [-0.39, 0.29) is 17.1 Å². The highest BCUT2D eigenvalue weighted by atomic mass is 79.9. The van der Waals surface area contributed by atoms with Crippen molar-refractivity contribution in [2.24, 2.45) is 5.73 Å². The average Bonchev–Trinajstić information content (AvgIpc) is 2.93. The molecule has 0 radical (unpaired) electrons. The third-order valence-electron chi connectivity index (χ3n) is 3.01. The van der Waals surface area contributed by atoms with E-state index < -0.39 is 17.5 Å². The Morgan fingerprint density at radius 2 is 2.05 bits per heavy atom. The van der Waals surface area contributed by atoms with E-state index >= 15 is 0 Å². The molecule has 8 heteroatoms. The van der Waals surface area contributed by atoms with Crippen LogP contribution >= 0.6 is 15.9 Å². The molecule has 0 atom stereocenters. The number of nitrogens with two attached hydrogens (primary N) is 1. The van der Waals surface area contributed by atoms with Crippen molar-refractivity contribution in [1.29, 1.82) is 5.41 Å². The minimum Gasteiger partial charge on any atom is -0.453 e. The highest BCUT2D eigenvalue weighted by molar-refractivity contribution is 9.10. The van der Waals surface area contributed by atoms with Crippen molar-refractivity contribution in [3.8, 4) is 11.5 Å². The highest BCUT2D eigenvalue weighted by Crippen LogP contribution is 2.37. The van der Waals surface area contributed by atoms with Crippen molar-refractivity contribution in [3.63, 3.8) is 0 Å². The monoisotopic (exact) mass is 366 g/mol. The summed E-state index contributed by atoms with van der Waals surface area (Å²) in [6.07, 6.45) is 1.43. The van der Waals surface area contributed by atoms with E-state index in [4.69, 9.17) is 15.9 Å². The van der Waals surface area contributed by atoms with Gasteiger partial charge in [0, 0.05) is 6.07 Å². The molecule has 1 aromatic heterocycles. The molecule has 3 aromatic rings. The molecule has 0 aliphatic rings. The van der Waals surface area contributed by atoms with Crippen LogP contribution in [0, 0.1) is 17.0 Å². The zero-order chi connectivity index (χ0) is 15.9. The van der Waals surface area contributed by atoms with Crippen LogP contribution in [0.3, 0.4) is 0 Å².